The van der Waals surface area contributed by atoms with Gasteiger partial charge in [-0.3, -0.25) is 10.1 Å². The van der Waals surface area contributed by atoms with Crippen LogP contribution in [0.2, 0.25) is 0 Å². The van der Waals surface area contributed by atoms with Gasteiger partial charge in [0.25, 0.3) is 0 Å². The van der Waals surface area contributed by atoms with Gasteiger partial charge in [0, 0.05) is 18.4 Å². The zero-order valence-corrected chi connectivity index (χ0v) is 12.3. The fourth-order valence-electron chi connectivity index (χ4n) is 1.73. The van der Waals surface area contributed by atoms with E-state index in [1.807, 2.05) is 0 Å². The van der Waals surface area contributed by atoms with Gasteiger partial charge in [-0.15, -0.1) is 21.8 Å². The molecule has 2 rings (SSSR count). The Kier molecular flexibility index (Phi) is 4.86. The van der Waals surface area contributed by atoms with Gasteiger partial charge in [-0.25, -0.2) is 0 Å². The summed E-state index contributed by atoms with van der Waals surface area (Å²) in [7, 11) is 1.40. The standard InChI is InChI=1S/C12H12ClN3O3S/c1-19-11-8(4-2-5-9(11)16(17)18)12-15-14-10(20-12)6-3-7-13/h2,4-5H,3,6-7H2,1H3. The van der Waals surface area contributed by atoms with Crippen LogP contribution in [0.1, 0.15) is 11.4 Å². The van der Waals surface area contributed by atoms with E-state index in [1.165, 1.54) is 24.5 Å². The second kappa shape index (κ2) is 6.62. The molecule has 1 heterocycles. The number of ether oxygens (including phenoxy) is 1. The topological polar surface area (TPSA) is 78.2 Å². The maximum Gasteiger partial charge on any atom is 0.311 e. The number of benzene rings is 1. The minimum Gasteiger partial charge on any atom is -0.490 e. The third-order valence-corrected chi connectivity index (χ3v) is 3.90. The Morgan fingerprint density at radius 1 is 1.45 bits per heavy atom. The van der Waals surface area contributed by atoms with Gasteiger partial charge in [0.05, 0.1) is 17.6 Å². The Bertz CT molecular complexity index is 618. The first-order valence-electron chi connectivity index (χ1n) is 5.87. The number of rotatable bonds is 6. The van der Waals surface area contributed by atoms with Gasteiger partial charge in [0.15, 0.2) is 5.01 Å². The quantitative estimate of drug-likeness (QED) is 0.464. The van der Waals surface area contributed by atoms with Gasteiger partial charge < -0.3 is 4.74 Å². The third kappa shape index (κ3) is 3.05. The second-order valence-electron chi connectivity index (χ2n) is 3.91. The predicted octanol–water partition coefficient (Wildman–Crippen LogP) is 3.29. The lowest BCUT2D eigenvalue weighted by atomic mass is 10.2. The van der Waals surface area contributed by atoms with Crippen LogP contribution < -0.4 is 4.74 Å². The number of aryl methyl sites for hydroxylation is 1. The molecule has 6 nitrogen and oxygen atoms in total. The van der Waals surface area contributed by atoms with E-state index in [1.54, 1.807) is 12.1 Å². The molecule has 0 saturated heterocycles. The van der Waals surface area contributed by atoms with Crippen LogP contribution in [-0.4, -0.2) is 28.1 Å². The van der Waals surface area contributed by atoms with Crippen LogP contribution in [0, 0.1) is 10.1 Å². The molecule has 20 heavy (non-hydrogen) atoms. The van der Waals surface area contributed by atoms with Crippen molar-refractivity contribution < 1.29 is 9.66 Å². The zero-order chi connectivity index (χ0) is 14.5. The smallest absolute Gasteiger partial charge is 0.311 e. The SMILES string of the molecule is COc1c(-c2nnc(CCCCl)s2)cccc1[N+](=O)[O-]. The van der Waals surface area contributed by atoms with Gasteiger partial charge in [-0.2, -0.15) is 0 Å². The summed E-state index contributed by atoms with van der Waals surface area (Å²) in [5.74, 6) is 0.771. The maximum absolute atomic E-state index is 11.0. The van der Waals surface area contributed by atoms with E-state index in [9.17, 15) is 10.1 Å². The second-order valence-corrected chi connectivity index (χ2v) is 5.35. The lowest BCUT2D eigenvalue weighted by Gasteiger charge is -2.05. The minimum atomic E-state index is -0.474. The summed E-state index contributed by atoms with van der Waals surface area (Å²) >= 11 is 7.03. The van der Waals surface area contributed by atoms with Crippen molar-refractivity contribution >= 4 is 28.6 Å². The third-order valence-electron chi connectivity index (χ3n) is 2.62. The van der Waals surface area contributed by atoms with Crippen molar-refractivity contribution in [2.75, 3.05) is 13.0 Å². The first kappa shape index (κ1) is 14.7. The van der Waals surface area contributed by atoms with E-state index in [0.717, 1.165) is 17.8 Å². The highest BCUT2D eigenvalue weighted by Crippen LogP contribution is 2.38. The van der Waals surface area contributed by atoms with Crippen molar-refractivity contribution in [1.29, 1.82) is 0 Å². The fourth-order valence-corrected chi connectivity index (χ4v) is 2.77. The van der Waals surface area contributed by atoms with Crippen LogP contribution in [0.5, 0.6) is 5.75 Å². The monoisotopic (exact) mass is 313 g/mol. The van der Waals surface area contributed by atoms with E-state index < -0.39 is 4.92 Å². The molecule has 1 aromatic heterocycles. The lowest BCUT2D eigenvalue weighted by molar-refractivity contribution is -0.385. The summed E-state index contributed by atoms with van der Waals surface area (Å²) in [5.41, 5.74) is 0.499. The molecule has 8 heteroatoms. The Morgan fingerprint density at radius 2 is 2.25 bits per heavy atom. The normalized spacial score (nSPS) is 10.5. The van der Waals surface area contributed by atoms with Crippen LogP contribution >= 0.6 is 22.9 Å². The fraction of sp³-hybridized carbons (Fsp3) is 0.333. The predicted molar refractivity (Wildman–Crippen MR) is 77.6 cm³/mol. The van der Waals surface area contributed by atoms with Gasteiger partial charge >= 0.3 is 5.69 Å². The molecule has 0 fully saturated rings. The van der Waals surface area contributed by atoms with Crippen molar-refractivity contribution in [2.24, 2.45) is 0 Å². The average molecular weight is 314 g/mol. The summed E-state index contributed by atoms with van der Waals surface area (Å²) in [6.07, 6.45) is 1.57. The molecule has 0 unspecified atom stereocenters. The molecular weight excluding hydrogens is 302 g/mol. The zero-order valence-electron chi connectivity index (χ0n) is 10.7. The number of methoxy groups -OCH3 is 1. The van der Waals surface area contributed by atoms with Crippen molar-refractivity contribution in [3.8, 4) is 16.3 Å². The van der Waals surface area contributed by atoms with Crippen molar-refractivity contribution in [3.05, 3.63) is 33.3 Å². The molecular formula is C12H12ClN3O3S. The molecule has 2 aromatic rings. The highest BCUT2D eigenvalue weighted by Gasteiger charge is 2.21. The molecule has 0 spiro atoms. The molecule has 0 radical (unpaired) electrons. The number of nitro benzene ring substituents is 1. The van der Waals surface area contributed by atoms with Crippen molar-refractivity contribution in [1.82, 2.24) is 10.2 Å². The van der Waals surface area contributed by atoms with E-state index in [2.05, 4.69) is 10.2 Å². The van der Waals surface area contributed by atoms with Gasteiger partial charge in [-0.1, -0.05) is 17.4 Å². The summed E-state index contributed by atoms with van der Waals surface area (Å²) < 4.78 is 5.16. The number of para-hydroxylation sites is 1. The highest BCUT2D eigenvalue weighted by atomic mass is 35.5. The highest BCUT2D eigenvalue weighted by molar-refractivity contribution is 7.14. The summed E-state index contributed by atoms with van der Waals surface area (Å²) in [6.45, 7) is 0. The minimum absolute atomic E-state index is 0.0810. The molecule has 106 valence electrons. The number of halogens is 1. The Hall–Kier alpha value is -1.73. The number of nitrogens with zero attached hydrogens (tertiary/aromatic N) is 3. The molecule has 0 aliphatic carbocycles. The molecule has 0 aliphatic rings. The van der Waals surface area contributed by atoms with Crippen LogP contribution in [-0.2, 0) is 6.42 Å². The Balaban J connectivity index is 2.39. The molecule has 0 atom stereocenters. The van der Waals surface area contributed by atoms with E-state index in [-0.39, 0.29) is 11.4 Å². The average Bonchev–Trinajstić information content (AvgIpc) is 2.92. The summed E-state index contributed by atoms with van der Waals surface area (Å²) in [6, 6.07) is 4.74. The lowest BCUT2D eigenvalue weighted by Crippen LogP contribution is -1.95. The van der Waals surface area contributed by atoms with Gasteiger partial charge in [-0.05, 0) is 12.5 Å². The first-order chi connectivity index (χ1) is 9.67. The molecule has 0 saturated carbocycles. The number of aromatic nitrogens is 2. The first-order valence-corrected chi connectivity index (χ1v) is 7.22. The van der Waals surface area contributed by atoms with Crippen LogP contribution in [0.25, 0.3) is 10.6 Å². The molecule has 0 N–H and O–H groups in total. The van der Waals surface area contributed by atoms with Crippen molar-refractivity contribution in [2.45, 2.75) is 12.8 Å². The molecule has 0 bridgehead atoms. The van der Waals surface area contributed by atoms with E-state index in [0.29, 0.717) is 16.5 Å². The molecule has 0 amide bonds. The largest absolute Gasteiger partial charge is 0.490 e. The Morgan fingerprint density at radius 3 is 2.90 bits per heavy atom. The molecule has 1 aromatic carbocycles. The van der Waals surface area contributed by atoms with Crippen molar-refractivity contribution in [3.63, 3.8) is 0 Å². The van der Waals surface area contributed by atoms with E-state index >= 15 is 0 Å². The van der Waals surface area contributed by atoms with Gasteiger partial charge in [0.1, 0.15) is 5.01 Å². The van der Waals surface area contributed by atoms with Gasteiger partial charge in [0.2, 0.25) is 5.75 Å². The van der Waals surface area contributed by atoms with E-state index in [4.69, 9.17) is 16.3 Å². The summed E-state index contributed by atoms with van der Waals surface area (Å²) in [4.78, 5) is 10.5. The van der Waals surface area contributed by atoms with Crippen LogP contribution in [0.3, 0.4) is 0 Å². The van der Waals surface area contributed by atoms with Crippen LogP contribution in [0.4, 0.5) is 5.69 Å². The number of alkyl halides is 1. The maximum atomic E-state index is 11.0. The number of nitro groups is 1. The van der Waals surface area contributed by atoms with Crippen LogP contribution in [0.15, 0.2) is 18.2 Å². The number of hydrogen-bond acceptors (Lipinski definition) is 6. The Labute approximate surface area is 124 Å². The summed E-state index contributed by atoms with van der Waals surface area (Å²) in [5, 5.41) is 20.6. The number of hydrogen-bond donors (Lipinski definition) is 0. The molecule has 0 aliphatic heterocycles.